The predicted molar refractivity (Wildman–Crippen MR) is 105 cm³/mol. The number of aromatic nitrogens is 2. The van der Waals surface area contributed by atoms with Gasteiger partial charge in [-0.25, -0.2) is 9.97 Å². The minimum atomic E-state index is 0.271. The molecule has 4 nitrogen and oxygen atoms in total. The lowest BCUT2D eigenvalue weighted by Crippen LogP contribution is -2.44. The highest BCUT2D eigenvalue weighted by Gasteiger charge is 2.26. The van der Waals surface area contributed by atoms with E-state index < -0.39 is 0 Å². The number of hydrogen-bond acceptors (Lipinski definition) is 5. The summed E-state index contributed by atoms with van der Waals surface area (Å²) in [6.45, 7) is 5.06. The number of rotatable bonds is 4. The van der Waals surface area contributed by atoms with Crippen LogP contribution in [-0.4, -0.2) is 39.1 Å². The zero-order valence-electron chi connectivity index (χ0n) is 15.0. The lowest BCUT2D eigenvalue weighted by atomic mass is 10.0. The van der Waals surface area contributed by atoms with Crippen LogP contribution in [0.2, 0.25) is 0 Å². The first-order valence-corrected chi connectivity index (χ1v) is 11.2. The van der Waals surface area contributed by atoms with Gasteiger partial charge in [0, 0.05) is 22.8 Å². The Balaban J connectivity index is 1.55. The summed E-state index contributed by atoms with van der Waals surface area (Å²) in [6, 6.07) is 0.430. The number of thioether (sulfide) groups is 1. The van der Waals surface area contributed by atoms with E-state index in [1.807, 2.05) is 18.3 Å². The van der Waals surface area contributed by atoms with Crippen LogP contribution in [0.3, 0.4) is 0 Å². The Labute approximate surface area is 157 Å². The molecule has 1 aliphatic carbocycles. The Bertz CT molecular complexity index is 802. The molecule has 1 atom stereocenters. The van der Waals surface area contributed by atoms with E-state index in [0.717, 1.165) is 47.9 Å². The van der Waals surface area contributed by atoms with Crippen LogP contribution in [0.25, 0.3) is 10.2 Å². The lowest BCUT2D eigenvalue weighted by molar-refractivity contribution is -0.132. The Morgan fingerprint density at radius 3 is 3.00 bits per heavy atom. The van der Waals surface area contributed by atoms with Crippen molar-refractivity contribution in [3.63, 3.8) is 0 Å². The van der Waals surface area contributed by atoms with E-state index in [2.05, 4.69) is 16.8 Å². The molecule has 0 bridgehead atoms. The fourth-order valence-corrected chi connectivity index (χ4v) is 6.49. The Hall–Kier alpha value is -1.14. The quantitative estimate of drug-likeness (QED) is 0.588. The van der Waals surface area contributed by atoms with Crippen LogP contribution in [0.15, 0.2) is 5.03 Å². The van der Waals surface area contributed by atoms with Gasteiger partial charge in [0.05, 0.1) is 5.75 Å². The highest BCUT2D eigenvalue weighted by molar-refractivity contribution is 8.00. The summed E-state index contributed by atoms with van der Waals surface area (Å²) in [5.41, 5.74) is 1.44. The first-order valence-electron chi connectivity index (χ1n) is 9.38. The molecule has 0 unspecified atom stereocenters. The van der Waals surface area contributed by atoms with Crippen LogP contribution in [0.4, 0.5) is 0 Å². The largest absolute Gasteiger partial charge is 0.339 e. The third-order valence-electron chi connectivity index (χ3n) is 5.39. The second kappa shape index (κ2) is 7.23. The summed E-state index contributed by atoms with van der Waals surface area (Å²) >= 11 is 3.43. The van der Waals surface area contributed by atoms with Crippen LogP contribution < -0.4 is 0 Å². The summed E-state index contributed by atoms with van der Waals surface area (Å²) < 4.78 is 0. The van der Waals surface area contributed by atoms with Gasteiger partial charge >= 0.3 is 0 Å². The number of amides is 1. The summed E-state index contributed by atoms with van der Waals surface area (Å²) in [5.74, 6) is 1.58. The highest BCUT2D eigenvalue weighted by atomic mass is 32.2. The van der Waals surface area contributed by atoms with E-state index in [9.17, 15) is 4.79 Å². The second-order valence-electron chi connectivity index (χ2n) is 7.05. The molecule has 134 valence electrons. The van der Waals surface area contributed by atoms with Gasteiger partial charge in [0.1, 0.15) is 15.7 Å². The molecule has 2 aliphatic rings. The molecule has 0 spiro atoms. The summed E-state index contributed by atoms with van der Waals surface area (Å²) in [5, 5.41) is 2.24. The molecule has 1 saturated heterocycles. The fraction of sp³-hybridized carbons (Fsp3) is 0.632. The van der Waals surface area contributed by atoms with Crippen LogP contribution in [-0.2, 0) is 17.6 Å². The summed E-state index contributed by atoms with van der Waals surface area (Å²) in [6.07, 6.45) is 8.15. The number of carbonyl (C=O) groups excluding carboxylic acids is 1. The van der Waals surface area contributed by atoms with E-state index in [1.165, 1.54) is 35.1 Å². The predicted octanol–water partition coefficient (Wildman–Crippen LogP) is 4.37. The van der Waals surface area contributed by atoms with Gasteiger partial charge in [-0.2, -0.15) is 0 Å². The standard InChI is InChI=1S/C19H25N3OS2/c1-3-13-7-4-5-10-22(13)16(23)11-24-18-17-14-8-6-9-15(14)25-19(17)21-12(2)20-18/h13H,3-11H2,1-2H3/t13-/m0/s1. The average molecular weight is 376 g/mol. The Morgan fingerprint density at radius 2 is 2.16 bits per heavy atom. The zero-order chi connectivity index (χ0) is 17.4. The van der Waals surface area contributed by atoms with Gasteiger partial charge in [-0.1, -0.05) is 18.7 Å². The number of carbonyl (C=O) groups is 1. The topological polar surface area (TPSA) is 46.1 Å². The minimum absolute atomic E-state index is 0.271. The molecule has 1 amide bonds. The number of likely N-dealkylation sites (tertiary alicyclic amines) is 1. The van der Waals surface area contributed by atoms with Gasteiger partial charge in [-0.05, 0) is 57.4 Å². The van der Waals surface area contributed by atoms with E-state index >= 15 is 0 Å². The molecule has 1 fully saturated rings. The van der Waals surface area contributed by atoms with Crippen LogP contribution in [0.1, 0.15) is 55.3 Å². The molecule has 0 aromatic carbocycles. The second-order valence-corrected chi connectivity index (χ2v) is 9.09. The number of thiophene rings is 1. The van der Waals surface area contributed by atoms with Crippen LogP contribution >= 0.6 is 23.1 Å². The van der Waals surface area contributed by atoms with Gasteiger partial charge in [-0.3, -0.25) is 4.79 Å². The molecular weight excluding hydrogens is 350 g/mol. The van der Waals surface area contributed by atoms with E-state index in [-0.39, 0.29) is 5.91 Å². The molecule has 2 aromatic rings. The van der Waals surface area contributed by atoms with Crippen molar-refractivity contribution >= 4 is 39.2 Å². The van der Waals surface area contributed by atoms with Gasteiger partial charge in [0.2, 0.25) is 5.91 Å². The van der Waals surface area contributed by atoms with Gasteiger partial charge < -0.3 is 4.90 Å². The van der Waals surface area contributed by atoms with Crippen molar-refractivity contribution < 1.29 is 4.79 Å². The summed E-state index contributed by atoms with van der Waals surface area (Å²) in [4.78, 5) is 26.8. The minimum Gasteiger partial charge on any atom is -0.339 e. The SMILES string of the molecule is CC[C@H]1CCCCN1C(=O)CSc1nc(C)nc2sc3c(c12)CCC3. The highest BCUT2D eigenvalue weighted by Crippen LogP contribution is 2.40. The number of piperidine rings is 1. The summed E-state index contributed by atoms with van der Waals surface area (Å²) in [7, 11) is 0. The Kier molecular flexibility index (Phi) is 5.00. The zero-order valence-corrected chi connectivity index (χ0v) is 16.6. The number of hydrogen-bond donors (Lipinski definition) is 0. The molecule has 0 saturated carbocycles. The van der Waals surface area contributed by atoms with Gasteiger partial charge in [0.15, 0.2) is 0 Å². The fourth-order valence-electron chi connectivity index (χ4n) is 4.13. The molecule has 4 rings (SSSR count). The van der Waals surface area contributed by atoms with Crippen LogP contribution in [0, 0.1) is 6.92 Å². The van der Waals surface area contributed by atoms with Gasteiger partial charge in [-0.15, -0.1) is 11.3 Å². The van der Waals surface area contributed by atoms with Crippen LogP contribution in [0.5, 0.6) is 0 Å². The number of nitrogens with zero attached hydrogens (tertiary/aromatic N) is 3. The molecule has 2 aromatic heterocycles. The maximum atomic E-state index is 12.8. The molecule has 6 heteroatoms. The smallest absolute Gasteiger partial charge is 0.233 e. The van der Waals surface area contributed by atoms with E-state index in [0.29, 0.717) is 11.8 Å². The third-order valence-corrected chi connectivity index (χ3v) is 7.54. The van der Waals surface area contributed by atoms with Crippen molar-refractivity contribution in [2.75, 3.05) is 12.3 Å². The van der Waals surface area contributed by atoms with E-state index in [1.54, 1.807) is 11.8 Å². The normalized spacial score (nSPS) is 20.2. The molecule has 1 aliphatic heterocycles. The average Bonchev–Trinajstić information content (AvgIpc) is 3.19. The first kappa shape index (κ1) is 17.3. The first-order chi connectivity index (χ1) is 12.2. The lowest BCUT2D eigenvalue weighted by Gasteiger charge is -2.35. The molecule has 0 N–H and O–H groups in total. The maximum absolute atomic E-state index is 12.8. The number of fused-ring (bicyclic) bond motifs is 3. The molecule has 0 radical (unpaired) electrons. The van der Waals surface area contributed by atoms with Gasteiger partial charge in [0.25, 0.3) is 0 Å². The molecule has 3 heterocycles. The van der Waals surface area contributed by atoms with Crippen molar-refractivity contribution in [3.05, 3.63) is 16.3 Å². The molecular formula is C19H25N3OS2. The third kappa shape index (κ3) is 3.31. The van der Waals surface area contributed by atoms with Crippen molar-refractivity contribution in [1.29, 1.82) is 0 Å². The Morgan fingerprint density at radius 1 is 1.28 bits per heavy atom. The number of aryl methyl sites for hydroxylation is 3. The maximum Gasteiger partial charge on any atom is 0.233 e. The van der Waals surface area contributed by atoms with E-state index in [4.69, 9.17) is 4.98 Å². The van der Waals surface area contributed by atoms with Crippen molar-refractivity contribution in [3.8, 4) is 0 Å². The van der Waals surface area contributed by atoms with Crippen molar-refractivity contribution in [1.82, 2.24) is 14.9 Å². The van der Waals surface area contributed by atoms with Crippen molar-refractivity contribution in [2.45, 2.75) is 69.9 Å². The van der Waals surface area contributed by atoms with Crippen molar-refractivity contribution in [2.24, 2.45) is 0 Å². The molecule has 25 heavy (non-hydrogen) atoms. The monoisotopic (exact) mass is 375 g/mol.